The van der Waals surface area contributed by atoms with Crippen molar-refractivity contribution in [2.24, 2.45) is 5.41 Å². The Balaban J connectivity index is 2.76. The van der Waals surface area contributed by atoms with Crippen LogP contribution in [0.25, 0.3) is 0 Å². The van der Waals surface area contributed by atoms with E-state index in [1.54, 1.807) is 32.2 Å². The van der Waals surface area contributed by atoms with Gasteiger partial charge in [0.05, 0.1) is 6.07 Å². The van der Waals surface area contributed by atoms with Gasteiger partial charge in [0.2, 0.25) is 5.91 Å². The van der Waals surface area contributed by atoms with Crippen LogP contribution in [0, 0.1) is 16.7 Å². The molecule has 0 aliphatic rings. The molecule has 0 atom stereocenters. The molecule has 15 heavy (non-hydrogen) atoms. The van der Waals surface area contributed by atoms with E-state index in [-0.39, 0.29) is 5.91 Å². The molecule has 0 aromatic carbocycles. The van der Waals surface area contributed by atoms with Crippen LogP contribution in [-0.2, 0) is 4.79 Å². The Hall–Kier alpha value is -1.41. The van der Waals surface area contributed by atoms with Crippen molar-refractivity contribution >= 4 is 27.7 Å². The van der Waals surface area contributed by atoms with Crippen LogP contribution in [0.5, 0.6) is 0 Å². The molecule has 0 radical (unpaired) electrons. The molecule has 0 bridgehead atoms. The third-order valence-electron chi connectivity index (χ3n) is 1.82. The van der Waals surface area contributed by atoms with Crippen molar-refractivity contribution in [3.05, 3.63) is 22.8 Å². The molecule has 1 N–H and O–H groups in total. The summed E-state index contributed by atoms with van der Waals surface area (Å²) >= 11 is 3.24. The summed E-state index contributed by atoms with van der Waals surface area (Å²) < 4.78 is 0.833. The predicted octanol–water partition coefficient (Wildman–Crippen LogP) is 2.33. The lowest BCUT2D eigenvalue weighted by molar-refractivity contribution is -0.121. The quantitative estimate of drug-likeness (QED) is 0.895. The highest BCUT2D eigenvalue weighted by atomic mass is 79.9. The number of pyridine rings is 1. The van der Waals surface area contributed by atoms with Crippen molar-refractivity contribution in [1.29, 1.82) is 5.26 Å². The monoisotopic (exact) mass is 267 g/mol. The van der Waals surface area contributed by atoms with Crippen molar-refractivity contribution in [3.8, 4) is 6.07 Å². The second-order valence-electron chi connectivity index (χ2n) is 3.55. The number of nitrogens with zero attached hydrogens (tertiary/aromatic N) is 2. The second kappa shape index (κ2) is 4.41. The van der Waals surface area contributed by atoms with Crippen LogP contribution in [-0.4, -0.2) is 10.9 Å². The Morgan fingerprint density at radius 3 is 2.73 bits per heavy atom. The van der Waals surface area contributed by atoms with Gasteiger partial charge in [-0.3, -0.25) is 4.79 Å². The lowest BCUT2D eigenvalue weighted by Gasteiger charge is -2.14. The van der Waals surface area contributed by atoms with E-state index >= 15 is 0 Å². The minimum Gasteiger partial charge on any atom is -0.309 e. The number of aromatic nitrogens is 1. The van der Waals surface area contributed by atoms with Crippen molar-refractivity contribution < 1.29 is 4.79 Å². The maximum Gasteiger partial charge on any atom is 0.245 e. The largest absolute Gasteiger partial charge is 0.309 e. The van der Waals surface area contributed by atoms with E-state index in [1.807, 2.05) is 6.07 Å². The van der Waals surface area contributed by atoms with E-state index < -0.39 is 5.41 Å². The SMILES string of the molecule is CC(C)(C#N)C(=O)Nc1ccc(Br)cn1. The zero-order valence-corrected chi connectivity index (χ0v) is 10.00. The van der Waals surface area contributed by atoms with Crippen molar-refractivity contribution in [1.82, 2.24) is 4.98 Å². The number of anilines is 1. The van der Waals surface area contributed by atoms with Gasteiger partial charge in [0, 0.05) is 10.7 Å². The van der Waals surface area contributed by atoms with Crippen LogP contribution in [0.2, 0.25) is 0 Å². The maximum atomic E-state index is 11.6. The van der Waals surface area contributed by atoms with Crippen LogP contribution in [0.4, 0.5) is 5.82 Å². The van der Waals surface area contributed by atoms with Crippen LogP contribution < -0.4 is 5.32 Å². The molecular weight excluding hydrogens is 258 g/mol. The topological polar surface area (TPSA) is 65.8 Å². The molecule has 0 unspecified atom stereocenters. The summed E-state index contributed by atoms with van der Waals surface area (Å²) in [4.78, 5) is 15.5. The number of nitrogens with one attached hydrogen (secondary N) is 1. The summed E-state index contributed by atoms with van der Waals surface area (Å²) in [6, 6.07) is 5.35. The Labute approximate surface area is 96.4 Å². The molecule has 0 aliphatic heterocycles. The second-order valence-corrected chi connectivity index (χ2v) is 4.47. The summed E-state index contributed by atoms with van der Waals surface area (Å²) in [6.07, 6.45) is 1.58. The van der Waals surface area contributed by atoms with E-state index in [2.05, 4.69) is 26.2 Å². The van der Waals surface area contributed by atoms with Gasteiger partial charge < -0.3 is 5.32 Å². The molecule has 0 spiro atoms. The zero-order chi connectivity index (χ0) is 11.5. The Morgan fingerprint density at radius 2 is 2.27 bits per heavy atom. The van der Waals surface area contributed by atoms with Crippen LogP contribution in [0.1, 0.15) is 13.8 Å². The zero-order valence-electron chi connectivity index (χ0n) is 8.41. The number of amides is 1. The molecule has 78 valence electrons. The van der Waals surface area contributed by atoms with Crippen molar-refractivity contribution in [2.45, 2.75) is 13.8 Å². The van der Waals surface area contributed by atoms with Crippen LogP contribution in [0.3, 0.4) is 0 Å². The van der Waals surface area contributed by atoms with Gasteiger partial charge in [-0.1, -0.05) is 0 Å². The van der Waals surface area contributed by atoms with Gasteiger partial charge in [-0.05, 0) is 41.9 Å². The summed E-state index contributed by atoms with van der Waals surface area (Å²) in [5.41, 5.74) is -1.05. The number of hydrogen-bond acceptors (Lipinski definition) is 3. The molecule has 0 saturated heterocycles. The lowest BCUT2D eigenvalue weighted by Crippen LogP contribution is -2.29. The highest BCUT2D eigenvalue weighted by molar-refractivity contribution is 9.10. The third-order valence-corrected chi connectivity index (χ3v) is 2.29. The fourth-order valence-electron chi connectivity index (χ4n) is 0.773. The number of carbonyl (C=O) groups is 1. The average molecular weight is 268 g/mol. The molecule has 1 heterocycles. The van der Waals surface area contributed by atoms with Crippen molar-refractivity contribution in [2.75, 3.05) is 5.32 Å². The maximum absolute atomic E-state index is 11.6. The summed E-state index contributed by atoms with van der Waals surface area (Å²) in [7, 11) is 0. The minimum absolute atomic E-state index is 0.361. The van der Waals surface area contributed by atoms with Crippen LogP contribution in [0.15, 0.2) is 22.8 Å². The van der Waals surface area contributed by atoms with Gasteiger partial charge >= 0.3 is 0 Å². The van der Waals surface area contributed by atoms with E-state index in [9.17, 15) is 4.79 Å². The first-order valence-corrected chi connectivity index (χ1v) is 5.09. The van der Waals surface area contributed by atoms with Crippen molar-refractivity contribution in [3.63, 3.8) is 0 Å². The molecule has 1 aromatic rings. The number of hydrogen-bond donors (Lipinski definition) is 1. The number of rotatable bonds is 2. The van der Waals surface area contributed by atoms with Gasteiger partial charge in [0.25, 0.3) is 0 Å². The lowest BCUT2D eigenvalue weighted by atomic mass is 9.95. The molecule has 4 nitrogen and oxygen atoms in total. The smallest absolute Gasteiger partial charge is 0.245 e. The normalized spacial score (nSPS) is 10.5. The first kappa shape index (κ1) is 11.7. The Morgan fingerprint density at radius 1 is 1.60 bits per heavy atom. The number of carbonyl (C=O) groups excluding carboxylic acids is 1. The summed E-state index contributed by atoms with van der Waals surface area (Å²) in [6.45, 7) is 3.11. The van der Waals surface area contributed by atoms with Gasteiger partial charge in [-0.25, -0.2) is 4.98 Å². The highest BCUT2D eigenvalue weighted by Gasteiger charge is 2.27. The fraction of sp³-hybridized carbons (Fsp3) is 0.300. The molecule has 1 amide bonds. The standard InChI is InChI=1S/C10H10BrN3O/c1-10(2,6-12)9(15)14-8-4-3-7(11)5-13-8/h3-5H,1-2H3,(H,13,14,15). The van der Waals surface area contributed by atoms with Gasteiger partial charge in [0.1, 0.15) is 11.2 Å². The Bertz CT molecular complexity index is 406. The molecule has 0 fully saturated rings. The molecule has 0 aliphatic carbocycles. The van der Waals surface area contributed by atoms with E-state index in [4.69, 9.17) is 5.26 Å². The third kappa shape index (κ3) is 3.03. The molecule has 5 heteroatoms. The molecule has 0 saturated carbocycles. The number of nitriles is 1. The first-order valence-electron chi connectivity index (χ1n) is 4.30. The van der Waals surface area contributed by atoms with Gasteiger partial charge in [0.15, 0.2) is 0 Å². The Kier molecular flexibility index (Phi) is 3.43. The molecular formula is C10H10BrN3O. The average Bonchev–Trinajstić information content (AvgIpc) is 2.21. The summed E-state index contributed by atoms with van der Waals surface area (Å²) in [5, 5.41) is 11.3. The summed E-state index contributed by atoms with van der Waals surface area (Å²) in [5.74, 6) is 0.0753. The van der Waals surface area contributed by atoms with Gasteiger partial charge in [-0.2, -0.15) is 5.26 Å². The first-order chi connectivity index (χ1) is 6.95. The van der Waals surface area contributed by atoms with E-state index in [0.29, 0.717) is 5.82 Å². The van der Waals surface area contributed by atoms with E-state index in [0.717, 1.165) is 4.47 Å². The van der Waals surface area contributed by atoms with Crippen LogP contribution >= 0.6 is 15.9 Å². The predicted molar refractivity (Wildman–Crippen MR) is 60.0 cm³/mol. The molecule has 1 aromatic heterocycles. The molecule has 1 rings (SSSR count). The van der Waals surface area contributed by atoms with E-state index in [1.165, 1.54) is 0 Å². The van der Waals surface area contributed by atoms with Gasteiger partial charge in [-0.15, -0.1) is 0 Å². The minimum atomic E-state index is -1.05. The highest BCUT2D eigenvalue weighted by Crippen LogP contribution is 2.17. The number of halogens is 1. The fourth-order valence-corrected chi connectivity index (χ4v) is 1.01.